The Kier molecular flexibility index (Phi) is 10.6. The van der Waals surface area contributed by atoms with Gasteiger partial charge in [0.05, 0.1) is 27.7 Å². The molecule has 40 heavy (non-hydrogen) atoms. The molecule has 2 amide bonds. The maximum Gasteiger partial charge on any atom is 0.416 e. The summed E-state index contributed by atoms with van der Waals surface area (Å²) in [5.41, 5.74) is -1.82. The highest BCUT2D eigenvalue weighted by Crippen LogP contribution is 2.38. The van der Waals surface area contributed by atoms with Gasteiger partial charge in [-0.25, -0.2) is 4.79 Å². The van der Waals surface area contributed by atoms with Crippen molar-refractivity contribution in [2.24, 2.45) is 0 Å². The first-order valence-corrected chi connectivity index (χ1v) is 11.5. The van der Waals surface area contributed by atoms with Crippen molar-refractivity contribution < 1.29 is 45.5 Å². The highest BCUT2D eigenvalue weighted by Gasteiger charge is 2.31. The van der Waals surface area contributed by atoms with E-state index in [1.165, 1.54) is 49.3 Å². The number of anilines is 1. The lowest BCUT2D eigenvalue weighted by Crippen LogP contribution is -2.27. The molecule has 3 rings (SSSR count). The van der Waals surface area contributed by atoms with Crippen LogP contribution in [0.25, 0.3) is 0 Å². The van der Waals surface area contributed by atoms with Gasteiger partial charge in [0, 0.05) is 31.9 Å². The lowest BCUT2D eigenvalue weighted by molar-refractivity contribution is -0.385. The van der Waals surface area contributed by atoms with Crippen LogP contribution in [0, 0.1) is 10.1 Å². The number of amides is 2. The van der Waals surface area contributed by atoms with Crippen LogP contribution in [0.15, 0.2) is 60.7 Å². The molecule has 0 saturated carbocycles. The summed E-state index contributed by atoms with van der Waals surface area (Å²) in [7, 11) is 3.01. The average Bonchev–Trinajstić information content (AvgIpc) is 2.85. The second kappa shape index (κ2) is 13.2. The second-order valence-electron chi connectivity index (χ2n) is 7.97. The summed E-state index contributed by atoms with van der Waals surface area (Å²) in [6.07, 6.45) is -8.92. The first kappa shape index (κ1) is 32.0. The second-order valence-corrected chi connectivity index (χ2v) is 8.38. The van der Waals surface area contributed by atoms with E-state index in [1.54, 1.807) is 6.92 Å². The molecule has 0 atom stereocenters. The number of ether oxygens (including phenoxy) is 2. The van der Waals surface area contributed by atoms with E-state index >= 15 is 0 Å². The number of carbonyl (C=O) groups is 1. The van der Waals surface area contributed by atoms with Crippen LogP contribution >= 0.6 is 11.6 Å². The van der Waals surface area contributed by atoms with Crippen LogP contribution in [-0.4, -0.2) is 36.6 Å². The largest absolute Gasteiger partial charge is 0.487 e. The van der Waals surface area contributed by atoms with E-state index in [4.69, 9.17) is 21.1 Å². The Bertz CT molecular complexity index is 1350. The van der Waals surface area contributed by atoms with Gasteiger partial charge in [0.25, 0.3) is 0 Å². The molecule has 0 fully saturated rings. The van der Waals surface area contributed by atoms with E-state index in [9.17, 15) is 41.3 Å². The number of hydrogen-bond acceptors (Lipinski definition) is 5. The third kappa shape index (κ3) is 9.22. The van der Waals surface area contributed by atoms with Crippen molar-refractivity contribution >= 4 is 29.0 Å². The SMILES string of the molecule is CCOc1cc(Oc2ccc(C(F)(F)F)cc2Cl)ccc1[N+](=O)[O-].CN(C)C(=O)Nc1cccc(C(F)(F)F)c1. The van der Waals surface area contributed by atoms with E-state index < -0.39 is 34.4 Å². The maximum atomic E-state index is 12.6. The Labute approximate surface area is 229 Å². The van der Waals surface area contributed by atoms with E-state index in [1.807, 2.05) is 0 Å². The zero-order chi connectivity index (χ0) is 30.3. The van der Waals surface area contributed by atoms with Gasteiger partial charge in [0.2, 0.25) is 5.75 Å². The van der Waals surface area contributed by atoms with Crippen LogP contribution in [0.4, 0.5) is 42.5 Å². The number of halogens is 7. The number of urea groups is 1. The number of nitrogens with one attached hydrogen (secondary N) is 1. The molecule has 0 aliphatic carbocycles. The number of nitro benzene ring substituents is 1. The van der Waals surface area contributed by atoms with Gasteiger partial charge < -0.3 is 19.7 Å². The summed E-state index contributed by atoms with van der Waals surface area (Å²) in [4.78, 5) is 22.7. The molecule has 0 radical (unpaired) electrons. The third-order valence-corrected chi connectivity index (χ3v) is 5.06. The predicted octanol–water partition coefficient (Wildman–Crippen LogP) is 8.26. The smallest absolute Gasteiger partial charge is 0.416 e. The summed E-state index contributed by atoms with van der Waals surface area (Å²) >= 11 is 5.80. The summed E-state index contributed by atoms with van der Waals surface area (Å²) in [5, 5.41) is 13.0. The fourth-order valence-electron chi connectivity index (χ4n) is 2.88. The molecule has 3 aromatic rings. The van der Waals surface area contributed by atoms with Crippen molar-refractivity contribution in [3.8, 4) is 17.2 Å². The van der Waals surface area contributed by atoms with Crippen LogP contribution in [0.2, 0.25) is 5.02 Å². The predicted molar refractivity (Wildman–Crippen MR) is 135 cm³/mol. The molecular weight excluding hydrogens is 572 g/mol. The first-order valence-electron chi connectivity index (χ1n) is 11.1. The monoisotopic (exact) mass is 593 g/mol. The highest BCUT2D eigenvalue weighted by atomic mass is 35.5. The van der Waals surface area contributed by atoms with E-state index in [-0.39, 0.29) is 40.3 Å². The normalized spacial score (nSPS) is 11.2. The van der Waals surface area contributed by atoms with Gasteiger partial charge in [-0.1, -0.05) is 17.7 Å². The number of carbonyl (C=O) groups excluding carboxylic acids is 1. The average molecular weight is 594 g/mol. The number of nitro groups is 1. The molecule has 0 saturated heterocycles. The molecule has 8 nitrogen and oxygen atoms in total. The van der Waals surface area contributed by atoms with Gasteiger partial charge in [0.15, 0.2) is 0 Å². The minimum Gasteiger partial charge on any atom is -0.487 e. The molecule has 0 unspecified atom stereocenters. The summed E-state index contributed by atoms with van der Waals surface area (Å²) in [6, 6.07) is 10.4. The van der Waals surface area contributed by atoms with Crippen molar-refractivity contribution in [1.82, 2.24) is 4.90 Å². The van der Waals surface area contributed by atoms with Crippen molar-refractivity contribution in [2.45, 2.75) is 19.3 Å². The number of nitrogens with zero attached hydrogens (tertiary/aromatic N) is 2. The molecular formula is C25H22ClF6N3O5. The van der Waals surface area contributed by atoms with Gasteiger partial charge in [-0.15, -0.1) is 0 Å². The maximum absolute atomic E-state index is 12.6. The lowest BCUT2D eigenvalue weighted by Gasteiger charge is -2.13. The minimum atomic E-state index is -4.52. The Morgan fingerprint density at radius 2 is 1.57 bits per heavy atom. The Morgan fingerprint density at radius 1 is 0.950 bits per heavy atom. The van der Waals surface area contributed by atoms with Gasteiger partial charge in [-0.05, 0) is 49.4 Å². The third-order valence-electron chi connectivity index (χ3n) is 4.76. The topological polar surface area (TPSA) is 93.9 Å². The van der Waals surface area contributed by atoms with Crippen molar-refractivity contribution in [2.75, 3.05) is 26.0 Å². The van der Waals surface area contributed by atoms with Crippen LogP contribution in [0.1, 0.15) is 18.1 Å². The lowest BCUT2D eigenvalue weighted by atomic mass is 10.2. The molecule has 0 heterocycles. The van der Waals surface area contributed by atoms with Crippen molar-refractivity contribution in [1.29, 1.82) is 0 Å². The molecule has 0 aliphatic rings. The van der Waals surface area contributed by atoms with E-state index in [0.717, 1.165) is 30.3 Å². The van der Waals surface area contributed by atoms with Crippen LogP contribution in [-0.2, 0) is 12.4 Å². The molecule has 0 spiro atoms. The van der Waals surface area contributed by atoms with Crippen LogP contribution in [0.5, 0.6) is 17.2 Å². The number of benzene rings is 3. The first-order chi connectivity index (χ1) is 18.5. The van der Waals surface area contributed by atoms with Gasteiger partial charge >= 0.3 is 24.1 Å². The van der Waals surface area contributed by atoms with Gasteiger partial charge in [-0.2, -0.15) is 26.3 Å². The summed E-state index contributed by atoms with van der Waals surface area (Å²) in [6.45, 7) is 1.86. The number of rotatable bonds is 6. The molecule has 0 aliphatic heterocycles. The Balaban J connectivity index is 0.000000305. The molecule has 3 aromatic carbocycles. The fourth-order valence-corrected chi connectivity index (χ4v) is 3.09. The van der Waals surface area contributed by atoms with Crippen molar-refractivity contribution in [3.63, 3.8) is 0 Å². The number of alkyl halides is 6. The molecule has 1 N–H and O–H groups in total. The van der Waals surface area contributed by atoms with Gasteiger partial charge in [0.1, 0.15) is 11.5 Å². The van der Waals surface area contributed by atoms with Gasteiger partial charge in [-0.3, -0.25) is 10.1 Å². The van der Waals surface area contributed by atoms with Crippen LogP contribution < -0.4 is 14.8 Å². The summed E-state index contributed by atoms with van der Waals surface area (Å²) in [5.74, 6) is 0.120. The van der Waals surface area contributed by atoms with Crippen LogP contribution in [0.3, 0.4) is 0 Å². The summed E-state index contributed by atoms with van der Waals surface area (Å²) < 4.78 is 85.4. The zero-order valence-corrected chi connectivity index (χ0v) is 21.8. The fraction of sp³-hybridized carbons (Fsp3) is 0.240. The van der Waals surface area contributed by atoms with E-state index in [0.29, 0.717) is 0 Å². The molecule has 0 bridgehead atoms. The molecule has 0 aromatic heterocycles. The molecule has 216 valence electrons. The number of hydrogen-bond donors (Lipinski definition) is 1. The standard InChI is InChI=1S/C15H11ClF3NO4.C10H11F3N2O/c1-2-23-14-8-10(4-5-12(14)20(21)22)24-13-6-3-9(7-11(13)16)15(17,18)19;1-15(2)9(16)14-8-5-3-4-7(6-8)10(11,12)13/h3-8H,2H2,1H3;3-6H,1-2H3,(H,14,16). The quantitative estimate of drug-likeness (QED) is 0.176. The minimum absolute atomic E-state index is 0.0111. The Hall–Kier alpha value is -4.20. The highest BCUT2D eigenvalue weighted by molar-refractivity contribution is 6.32. The van der Waals surface area contributed by atoms with E-state index in [2.05, 4.69) is 5.32 Å². The Morgan fingerprint density at radius 3 is 2.10 bits per heavy atom. The zero-order valence-electron chi connectivity index (χ0n) is 21.1. The molecule has 15 heteroatoms. The van der Waals surface area contributed by atoms with Crippen molar-refractivity contribution in [3.05, 3.63) is 86.9 Å².